The highest BCUT2D eigenvalue weighted by molar-refractivity contribution is 6.31. The minimum absolute atomic E-state index is 0.644. The van der Waals surface area contributed by atoms with Gasteiger partial charge in [0.15, 0.2) is 0 Å². The van der Waals surface area contributed by atoms with E-state index >= 15 is 0 Å². The molecule has 1 aliphatic carbocycles. The second-order valence-electron chi connectivity index (χ2n) is 3.57. The quantitative estimate of drug-likeness (QED) is 0.592. The minimum atomic E-state index is -3.23. The summed E-state index contributed by atoms with van der Waals surface area (Å²) in [7, 11) is 0. The van der Waals surface area contributed by atoms with Gasteiger partial charge in [-0.2, -0.15) is 0 Å². The predicted molar refractivity (Wildman–Crippen MR) is 46.8 cm³/mol. The van der Waals surface area contributed by atoms with E-state index < -0.39 is 40.1 Å². The maximum Gasteiger partial charge on any atom is 0.272 e. The van der Waals surface area contributed by atoms with E-state index in [4.69, 9.17) is 17.3 Å². The third kappa shape index (κ3) is 1.33. The molecular weight excluding hydrogens is 234 g/mol. The van der Waals surface area contributed by atoms with E-state index in [1.165, 1.54) is 0 Å². The third-order valence-corrected chi connectivity index (χ3v) is 2.89. The van der Waals surface area contributed by atoms with Crippen molar-refractivity contribution < 1.29 is 17.6 Å². The molecule has 1 unspecified atom stereocenters. The van der Waals surface area contributed by atoms with Crippen LogP contribution in [0, 0.1) is 11.6 Å². The molecule has 0 heterocycles. The zero-order valence-electron chi connectivity index (χ0n) is 7.33. The van der Waals surface area contributed by atoms with Gasteiger partial charge in [0.05, 0.1) is 5.02 Å². The molecular formula is C9H6ClF4N. The number of hydrogen-bond donors (Lipinski definition) is 1. The number of benzene rings is 1. The van der Waals surface area contributed by atoms with Gasteiger partial charge >= 0.3 is 0 Å². The Hall–Kier alpha value is -0.810. The monoisotopic (exact) mass is 239 g/mol. The van der Waals surface area contributed by atoms with E-state index in [2.05, 4.69) is 0 Å². The van der Waals surface area contributed by atoms with Gasteiger partial charge in [-0.3, -0.25) is 0 Å². The summed E-state index contributed by atoms with van der Waals surface area (Å²) >= 11 is 5.42. The summed E-state index contributed by atoms with van der Waals surface area (Å²) in [6.45, 7) is 0. The fourth-order valence-corrected chi connectivity index (χ4v) is 1.84. The molecule has 0 amide bonds. The summed E-state index contributed by atoms with van der Waals surface area (Å²) in [5.74, 6) is -5.20. The van der Waals surface area contributed by atoms with Crippen LogP contribution >= 0.6 is 11.6 Å². The minimum Gasteiger partial charge on any atom is -0.316 e. The van der Waals surface area contributed by atoms with Gasteiger partial charge in [-0.15, -0.1) is 0 Å². The van der Waals surface area contributed by atoms with Gasteiger partial charge in [-0.25, -0.2) is 17.6 Å². The Morgan fingerprint density at radius 3 is 2.13 bits per heavy atom. The van der Waals surface area contributed by atoms with Crippen molar-refractivity contribution in [2.45, 2.75) is 17.9 Å². The van der Waals surface area contributed by atoms with E-state index in [0.29, 0.717) is 0 Å². The molecule has 0 radical (unpaired) electrons. The average molecular weight is 240 g/mol. The van der Waals surface area contributed by atoms with Gasteiger partial charge in [0.2, 0.25) is 0 Å². The molecule has 0 spiro atoms. The van der Waals surface area contributed by atoms with Crippen LogP contribution in [0.5, 0.6) is 0 Å². The summed E-state index contributed by atoms with van der Waals surface area (Å²) < 4.78 is 52.0. The Morgan fingerprint density at radius 1 is 1.20 bits per heavy atom. The summed E-state index contributed by atoms with van der Waals surface area (Å²) in [5.41, 5.74) is 2.46. The van der Waals surface area contributed by atoms with Gasteiger partial charge in [-0.05, 0) is 12.1 Å². The summed E-state index contributed by atoms with van der Waals surface area (Å²) in [6, 6.07) is 1.50. The highest BCUT2D eigenvalue weighted by Crippen LogP contribution is 2.59. The van der Waals surface area contributed by atoms with Crippen molar-refractivity contribution in [1.82, 2.24) is 0 Å². The molecule has 1 aliphatic rings. The first-order valence-corrected chi connectivity index (χ1v) is 4.48. The first kappa shape index (κ1) is 10.7. The molecule has 6 heteroatoms. The molecule has 0 aromatic heterocycles. The Labute approximate surface area is 87.8 Å². The van der Waals surface area contributed by atoms with Crippen LogP contribution in [0.4, 0.5) is 17.6 Å². The van der Waals surface area contributed by atoms with Crippen molar-refractivity contribution in [1.29, 1.82) is 0 Å². The van der Waals surface area contributed by atoms with Crippen LogP contribution in [-0.4, -0.2) is 5.92 Å². The van der Waals surface area contributed by atoms with Gasteiger partial charge < -0.3 is 5.73 Å². The maximum atomic E-state index is 13.2. The average Bonchev–Trinajstić information content (AvgIpc) is 2.60. The second kappa shape index (κ2) is 2.86. The van der Waals surface area contributed by atoms with Crippen molar-refractivity contribution in [3.63, 3.8) is 0 Å². The Balaban J connectivity index is 2.60. The lowest BCUT2D eigenvalue weighted by atomic mass is 10.0. The first-order valence-electron chi connectivity index (χ1n) is 4.10. The van der Waals surface area contributed by atoms with E-state index in [1.807, 2.05) is 0 Å². The van der Waals surface area contributed by atoms with E-state index in [-0.39, 0.29) is 0 Å². The van der Waals surface area contributed by atoms with Gasteiger partial charge in [0.1, 0.15) is 17.2 Å². The molecule has 1 saturated carbocycles. The normalized spacial score (nSPS) is 27.9. The molecule has 0 bridgehead atoms. The van der Waals surface area contributed by atoms with E-state index in [0.717, 1.165) is 12.1 Å². The molecule has 1 aromatic carbocycles. The van der Waals surface area contributed by atoms with Crippen LogP contribution < -0.4 is 5.73 Å². The summed E-state index contributed by atoms with van der Waals surface area (Å²) in [6.07, 6.45) is -0.722. The van der Waals surface area contributed by atoms with Crippen molar-refractivity contribution in [3.8, 4) is 0 Å². The Kier molecular flexibility index (Phi) is 2.04. The SMILES string of the molecule is NC1(c2c(F)ccc(F)c2Cl)CC1(F)F. The number of alkyl halides is 2. The lowest BCUT2D eigenvalue weighted by Crippen LogP contribution is -2.29. The van der Waals surface area contributed by atoms with Crippen LogP contribution in [0.25, 0.3) is 0 Å². The van der Waals surface area contributed by atoms with Gasteiger partial charge in [-0.1, -0.05) is 11.6 Å². The van der Waals surface area contributed by atoms with Crippen LogP contribution in [0.1, 0.15) is 12.0 Å². The van der Waals surface area contributed by atoms with Gasteiger partial charge in [0, 0.05) is 12.0 Å². The summed E-state index contributed by atoms with van der Waals surface area (Å²) in [5, 5.41) is -0.672. The first-order chi connectivity index (χ1) is 6.79. The van der Waals surface area contributed by atoms with Crippen molar-refractivity contribution in [2.24, 2.45) is 5.73 Å². The smallest absolute Gasteiger partial charge is 0.272 e. The molecule has 82 valence electrons. The van der Waals surface area contributed by atoms with E-state index in [9.17, 15) is 17.6 Å². The van der Waals surface area contributed by atoms with E-state index in [1.54, 1.807) is 0 Å². The maximum absolute atomic E-state index is 13.2. The lowest BCUT2D eigenvalue weighted by molar-refractivity contribution is 0.0881. The summed E-state index contributed by atoms with van der Waals surface area (Å²) in [4.78, 5) is 0. The molecule has 0 aliphatic heterocycles. The van der Waals surface area contributed by atoms with Gasteiger partial charge in [0.25, 0.3) is 5.92 Å². The van der Waals surface area contributed by atoms with Crippen molar-refractivity contribution in [2.75, 3.05) is 0 Å². The van der Waals surface area contributed by atoms with Crippen molar-refractivity contribution >= 4 is 11.6 Å². The van der Waals surface area contributed by atoms with Crippen LogP contribution in [0.15, 0.2) is 12.1 Å². The molecule has 2 rings (SSSR count). The van der Waals surface area contributed by atoms with Crippen LogP contribution in [0.2, 0.25) is 5.02 Å². The zero-order valence-corrected chi connectivity index (χ0v) is 8.08. The lowest BCUT2D eigenvalue weighted by Gasteiger charge is -2.14. The topological polar surface area (TPSA) is 26.0 Å². The molecule has 1 nitrogen and oxygen atoms in total. The number of halogens is 5. The fourth-order valence-electron chi connectivity index (χ4n) is 1.51. The largest absolute Gasteiger partial charge is 0.316 e. The number of nitrogens with two attached hydrogens (primary N) is 1. The number of hydrogen-bond acceptors (Lipinski definition) is 1. The third-order valence-electron chi connectivity index (χ3n) is 2.52. The Morgan fingerprint density at radius 2 is 1.67 bits per heavy atom. The van der Waals surface area contributed by atoms with Crippen molar-refractivity contribution in [3.05, 3.63) is 34.4 Å². The molecule has 2 N–H and O–H groups in total. The molecule has 0 saturated heterocycles. The molecule has 1 atom stereocenters. The second-order valence-corrected chi connectivity index (χ2v) is 3.95. The van der Waals surface area contributed by atoms with Crippen LogP contribution in [-0.2, 0) is 5.54 Å². The highest BCUT2D eigenvalue weighted by Gasteiger charge is 2.71. The highest BCUT2D eigenvalue weighted by atomic mass is 35.5. The molecule has 15 heavy (non-hydrogen) atoms. The Bertz CT molecular complexity index is 434. The van der Waals surface area contributed by atoms with Crippen LogP contribution in [0.3, 0.4) is 0 Å². The fraction of sp³-hybridized carbons (Fsp3) is 0.333. The number of rotatable bonds is 1. The standard InChI is InChI=1S/C9H6ClF4N/c10-7-5(12)2-1-4(11)6(7)8(15)3-9(8,13)14/h1-2H,3,15H2. The zero-order chi connectivity index (χ0) is 11.4. The molecule has 1 aromatic rings. The predicted octanol–water partition coefficient (Wildman–Crippen LogP) is 2.81. The molecule has 1 fully saturated rings.